The first-order chi connectivity index (χ1) is 16.2. The predicted molar refractivity (Wildman–Crippen MR) is 133 cm³/mol. The maximum Gasteiger partial charge on any atom is 0.233 e. The van der Waals surface area contributed by atoms with Gasteiger partial charge in [0.1, 0.15) is 5.52 Å². The van der Waals surface area contributed by atoms with Crippen molar-refractivity contribution in [3.05, 3.63) is 24.6 Å². The van der Waals surface area contributed by atoms with Gasteiger partial charge in [-0.25, -0.2) is 4.98 Å². The van der Waals surface area contributed by atoms with Crippen molar-refractivity contribution in [2.75, 3.05) is 41.7 Å². The van der Waals surface area contributed by atoms with Crippen LogP contribution in [0.1, 0.15) is 52.9 Å². The number of anilines is 4. The number of fused-ring (bicyclic) bond motifs is 1. The molecule has 0 amide bonds. The maximum absolute atomic E-state index is 5.44. The van der Waals surface area contributed by atoms with E-state index in [0.29, 0.717) is 29.8 Å². The number of hydrogen-bond donors (Lipinski definition) is 3. The number of hydrogen-bond acceptors (Lipinski definition) is 9. The van der Waals surface area contributed by atoms with Crippen LogP contribution in [0.2, 0.25) is 0 Å². The minimum Gasteiger partial charge on any atom is -0.443 e. The second-order valence-corrected chi connectivity index (χ2v) is 8.71. The van der Waals surface area contributed by atoms with E-state index < -0.39 is 0 Å². The molecule has 1 aliphatic rings. The first kappa shape index (κ1) is 23.2. The highest BCUT2D eigenvalue weighted by molar-refractivity contribution is 5.77. The number of aromatic nitrogens is 4. The summed E-state index contributed by atoms with van der Waals surface area (Å²) in [6.45, 7) is 9.94. The molecule has 2 heterocycles. The van der Waals surface area contributed by atoms with Crippen molar-refractivity contribution in [1.82, 2.24) is 25.3 Å². The molecular weight excluding hydrogens is 416 g/mol. The molecule has 2 aromatic heterocycles. The molecule has 0 radical (unpaired) electrons. The van der Waals surface area contributed by atoms with Crippen molar-refractivity contribution in [2.45, 2.75) is 58.9 Å². The van der Waals surface area contributed by atoms with Crippen LogP contribution in [0, 0.1) is 5.92 Å². The van der Waals surface area contributed by atoms with Crippen molar-refractivity contribution in [3.63, 3.8) is 0 Å². The van der Waals surface area contributed by atoms with E-state index >= 15 is 0 Å². The molecule has 1 fully saturated rings. The Balaban J connectivity index is 1.58. The Kier molecular flexibility index (Phi) is 7.93. The molecule has 3 aromatic rings. The Morgan fingerprint density at radius 2 is 1.91 bits per heavy atom. The fourth-order valence-electron chi connectivity index (χ4n) is 4.43. The molecule has 1 aromatic carbocycles. The van der Waals surface area contributed by atoms with Gasteiger partial charge >= 0.3 is 0 Å². The third kappa shape index (κ3) is 6.10. The summed E-state index contributed by atoms with van der Waals surface area (Å²) in [6.07, 6.45) is 7.94. The first-order valence-electron chi connectivity index (χ1n) is 12.2. The molecule has 0 spiro atoms. The molecule has 4 rings (SSSR count). The largest absolute Gasteiger partial charge is 0.443 e. The molecule has 9 heteroatoms. The average molecular weight is 453 g/mol. The molecular formula is C24H36N8O. The van der Waals surface area contributed by atoms with Crippen LogP contribution >= 0.6 is 0 Å². The zero-order valence-electron chi connectivity index (χ0n) is 20.0. The van der Waals surface area contributed by atoms with E-state index in [9.17, 15) is 0 Å². The van der Waals surface area contributed by atoms with Crippen molar-refractivity contribution in [3.8, 4) is 0 Å². The van der Waals surface area contributed by atoms with Gasteiger partial charge in [0, 0.05) is 37.4 Å². The first-order valence-corrected chi connectivity index (χ1v) is 12.2. The van der Waals surface area contributed by atoms with Crippen LogP contribution in [0.4, 0.5) is 23.5 Å². The number of nitrogens with one attached hydrogen (secondary N) is 3. The molecule has 0 unspecified atom stereocenters. The molecule has 3 N–H and O–H groups in total. The zero-order chi connectivity index (χ0) is 23.0. The highest BCUT2D eigenvalue weighted by Crippen LogP contribution is 2.28. The Bertz CT molecular complexity index is 1020. The van der Waals surface area contributed by atoms with E-state index in [4.69, 9.17) is 19.4 Å². The average Bonchev–Trinajstić information content (AvgIpc) is 3.30. The van der Waals surface area contributed by atoms with Crippen LogP contribution in [0.5, 0.6) is 0 Å². The summed E-state index contributed by atoms with van der Waals surface area (Å²) >= 11 is 0. The maximum atomic E-state index is 5.44. The summed E-state index contributed by atoms with van der Waals surface area (Å²) in [5.74, 6) is 2.45. The monoisotopic (exact) mass is 452 g/mol. The number of rotatable bonds is 11. The molecule has 1 atom stereocenters. The van der Waals surface area contributed by atoms with E-state index in [1.165, 1.54) is 38.5 Å². The van der Waals surface area contributed by atoms with Crippen LogP contribution in [0.3, 0.4) is 0 Å². The van der Waals surface area contributed by atoms with Gasteiger partial charge in [-0.2, -0.15) is 15.0 Å². The lowest BCUT2D eigenvalue weighted by Crippen LogP contribution is -2.34. The highest BCUT2D eigenvalue weighted by Gasteiger charge is 2.22. The minimum atomic E-state index is 0.316. The topological polar surface area (TPSA) is 104 Å². The normalized spacial score (nSPS) is 15.5. The number of oxazole rings is 1. The Morgan fingerprint density at radius 3 is 2.70 bits per heavy atom. The van der Waals surface area contributed by atoms with E-state index in [2.05, 4.69) is 46.6 Å². The fraction of sp³-hybridized carbons (Fsp3) is 0.583. The molecule has 0 aliphatic heterocycles. The fourth-order valence-corrected chi connectivity index (χ4v) is 4.43. The van der Waals surface area contributed by atoms with Crippen molar-refractivity contribution in [1.29, 1.82) is 0 Å². The smallest absolute Gasteiger partial charge is 0.233 e. The molecule has 9 nitrogen and oxygen atoms in total. The van der Waals surface area contributed by atoms with Crippen molar-refractivity contribution < 1.29 is 4.42 Å². The van der Waals surface area contributed by atoms with Crippen molar-refractivity contribution in [2.24, 2.45) is 5.92 Å². The van der Waals surface area contributed by atoms with Gasteiger partial charge in [0.05, 0.1) is 0 Å². The van der Waals surface area contributed by atoms with E-state index in [1.54, 1.807) is 0 Å². The lowest BCUT2D eigenvalue weighted by Gasteiger charge is -2.28. The molecule has 1 saturated carbocycles. The Labute approximate surface area is 195 Å². The minimum absolute atomic E-state index is 0.316. The summed E-state index contributed by atoms with van der Waals surface area (Å²) in [7, 11) is 0. The van der Waals surface area contributed by atoms with Crippen molar-refractivity contribution >= 4 is 34.6 Å². The van der Waals surface area contributed by atoms with Gasteiger partial charge in [-0.05, 0) is 51.3 Å². The van der Waals surface area contributed by atoms with Crippen LogP contribution in [0.25, 0.3) is 11.1 Å². The lowest BCUT2D eigenvalue weighted by atomic mass is 9.85. The van der Waals surface area contributed by atoms with E-state index in [1.807, 2.05) is 18.2 Å². The van der Waals surface area contributed by atoms with Gasteiger partial charge in [-0.15, -0.1) is 0 Å². The standard InChI is InChI=1S/C24H36N8O/c1-4-25-13-14-32(5-2)24-30-22(27-17(3)18-9-7-6-8-10-18)29-23(31-24)28-19-11-12-20-21(15-19)33-16-26-20/h11-12,15-18,25H,4-10,13-14H2,1-3H3,(H2,27,28,29,30,31)/t17-/m0/s1. The SMILES string of the molecule is CCNCCN(CC)c1nc(Nc2ccc3ncoc3c2)nc(N[C@@H](C)C2CCCCC2)n1. The van der Waals surface area contributed by atoms with Crippen LogP contribution in [-0.4, -0.2) is 52.2 Å². The molecule has 33 heavy (non-hydrogen) atoms. The molecule has 0 bridgehead atoms. The summed E-state index contributed by atoms with van der Waals surface area (Å²) in [4.78, 5) is 20.6. The molecule has 0 saturated heterocycles. The zero-order valence-corrected chi connectivity index (χ0v) is 20.0. The van der Waals surface area contributed by atoms with Gasteiger partial charge in [-0.1, -0.05) is 26.2 Å². The van der Waals surface area contributed by atoms with Gasteiger partial charge in [-0.3, -0.25) is 0 Å². The van der Waals surface area contributed by atoms with Gasteiger partial charge in [0.15, 0.2) is 12.0 Å². The third-order valence-electron chi connectivity index (χ3n) is 6.40. The van der Waals surface area contributed by atoms with E-state index in [-0.39, 0.29) is 0 Å². The Morgan fingerprint density at radius 1 is 1.09 bits per heavy atom. The summed E-state index contributed by atoms with van der Waals surface area (Å²) in [5.41, 5.74) is 2.39. The second-order valence-electron chi connectivity index (χ2n) is 8.71. The number of benzene rings is 1. The van der Waals surface area contributed by atoms with Crippen LogP contribution < -0.4 is 20.9 Å². The van der Waals surface area contributed by atoms with Gasteiger partial charge in [0.25, 0.3) is 0 Å². The molecule has 1 aliphatic carbocycles. The predicted octanol–water partition coefficient (Wildman–Crippen LogP) is 4.57. The van der Waals surface area contributed by atoms with Crippen LogP contribution in [0.15, 0.2) is 29.0 Å². The second kappa shape index (κ2) is 11.3. The van der Waals surface area contributed by atoms with Gasteiger partial charge < -0.3 is 25.3 Å². The quantitative estimate of drug-likeness (QED) is 0.361. The van der Waals surface area contributed by atoms with Crippen LogP contribution in [-0.2, 0) is 0 Å². The summed E-state index contributed by atoms with van der Waals surface area (Å²) in [5, 5.41) is 10.3. The van der Waals surface area contributed by atoms with E-state index in [0.717, 1.165) is 43.0 Å². The number of likely N-dealkylation sites (N-methyl/N-ethyl adjacent to an activating group) is 2. The molecule has 178 valence electrons. The number of nitrogens with zero attached hydrogens (tertiary/aromatic N) is 5. The lowest BCUT2D eigenvalue weighted by molar-refractivity contribution is 0.327. The Hall–Kier alpha value is -2.94. The summed E-state index contributed by atoms with van der Waals surface area (Å²) in [6, 6.07) is 6.10. The third-order valence-corrected chi connectivity index (χ3v) is 6.40. The summed E-state index contributed by atoms with van der Waals surface area (Å²) < 4.78 is 5.44. The van der Waals surface area contributed by atoms with Gasteiger partial charge in [0.2, 0.25) is 17.8 Å². The highest BCUT2D eigenvalue weighted by atomic mass is 16.3.